The first-order chi connectivity index (χ1) is 6.61. The molecule has 0 saturated carbocycles. The molecule has 3 heteroatoms. The van der Waals surface area contributed by atoms with Crippen LogP contribution in [-0.2, 0) is 7.05 Å². The first-order valence-electron chi connectivity index (χ1n) is 4.53. The van der Waals surface area contributed by atoms with Crippen LogP contribution >= 0.6 is 15.9 Å². The second kappa shape index (κ2) is 3.41. The first-order valence-corrected chi connectivity index (χ1v) is 5.32. The van der Waals surface area contributed by atoms with Gasteiger partial charge in [-0.2, -0.15) is 0 Å². The number of fused-ring (bicyclic) bond motifs is 1. The molecule has 1 heterocycles. The van der Waals surface area contributed by atoms with Crippen molar-refractivity contribution < 1.29 is 5.11 Å². The lowest BCUT2D eigenvalue weighted by Crippen LogP contribution is -1.99. The second-order valence-corrected chi connectivity index (χ2v) is 4.33. The highest BCUT2D eigenvalue weighted by Gasteiger charge is 2.10. The summed E-state index contributed by atoms with van der Waals surface area (Å²) in [4.78, 5) is 0. The fraction of sp³-hybridized carbons (Fsp3) is 0.273. The van der Waals surface area contributed by atoms with Crippen LogP contribution in [0.1, 0.15) is 18.7 Å². The molecule has 0 fully saturated rings. The van der Waals surface area contributed by atoms with E-state index in [1.165, 1.54) is 0 Å². The molecule has 74 valence electrons. The fourth-order valence-corrected chi connectivity index (χ4v) is 2.22. The standard InChI is InChI=1S/C11H12BrNO/c1-7(14)11-6-8-9(12)4-3-5-10(8)13(11)2/h3-7,14H,1-2H3. The van der Waals surface area contributed by atoms with E-state index < -0.39 is 6.10 Å². The van der Waals surface area contributed by atoms with Crippen molar-refractivity contribution in [3.8, 4) is 0 Å². The summed E-state index contributed by atoms with van der Waals surface area (Å²) in [5.74, 6) is 0. The van der Waals surface area contributed by atoms with E-state index in [9.17, 15) is 5.11 Å². The largest absolute Gasteiger partial charge is 0.387 e. The summed E-state index contributed by atoms with van der Waals surface area (Å²) < 4.78 is 3.09. The van der Waals surface area contributed by atoms with Crippen molar-refractivity contribution in [2.24, 2.45) is 7.05 Å². The summed E-state index contributed by atoms with van der Waals surface area (Å²) in [7, 11) is 1.97. The third-order valence-corrected chi connectivity index (χ3v) is 3.19. The van der Waals surface area contributed by atoms with E-state index in [1.807, 2.05) is 35.9 Å². The van der Waals surface area contributed by atoms with Gasteiger partial charge in [-0.1, -0.05) is 22.0 Å². The number of hydrogen-bond donors (Lipinski definition) is 1. The molecule has 0 saturated heterocycles. The number of nitrogens with zero attached hydrogens (tertiary/aromatic N) is 1. The fourth-order valence-electron chi connectivity index (χ4n) is 1.75. The van der Waals surface area contributed by atoms with Crippen LogP contribution in [0.3, 0.4) is 0 Å². The summed E-state index contributed by atoms with van der Waals surface area (Å²) in [6, 6.07) is 8.07. The Kier molecular flexibility index (Phi) is 2.37. The van der Waals surface area contributed by atoms with Gasteiger partial charge in [0, 0.05) is 28.1 Å². The smallest absolute Gasteiger partial charge is 0.0912 e. The monoisotopic (exact) mass is 253 g/mol. The van der Waals surface area contributed by atoms with E-state index in [0.717, 1.165) is 21.1 Å². The molecular weight excluding hydrogens is 242 g/mol. The summed E-state index contributed by atoms with van der Waals surface area (Å²) in [5.41, 5.74) is 2.07. The zero-order valence-electron chi connectivity index (χ0n) is 8.16. The van der Waals surface area contributed by atoms with E-state index >= 15 is 0 Å². The van der Waals surface area contributed by atoms with Crippen molar-refractivity contribution in [1.82, 2.24) is 4.57 Å². The van der Waals surface area contributed by atoms with Gasteiger partial charge in [0.05, 0.1) is 6.10 Å². The molecule has 0 radical (unpaired) electrons. The molecule has 0 bridgehead atoms. The molecule has 0 aliphatic rings. The van der Waals surface area contributed by atoms with E-state index in [2.05, 4.69) is 15.9 Å². The van der Waals surface area contributed by atoms with Crippen molar-refractivity contribution in [2.75, 3.05) is 0 Å². The van der Waals surface area contributed by atoms with E-state index in [1.54, 1.807) is 6.92 Å². The lowest BCUT2D eigenvalue weighted by molar-refractivity contribution is 0.191. The Labute approximate surface area is 91.3 Å². The summed E-state index contributed by atoms with van der Waals surface area (Å²) in [6.07, 6.45) is -0.431. The first kappa shape index (κ1) is 9.74. The highest BCUT2D eigenvalue weighted by molar-refractivity contribution is 9.10. The van der Waals surface area contributed by atoms with Gasteiger partial charge in [-0.05, 0) is 25.1 Å². The molecular formula is C11H12BrNO. The van der Waals surface area contributed by atoms with Gasteiger partial charge in [0.2, 0.25) is 0 Å². The molecule has 0 amide bonds. The molecule has 0 spiro atoms. The van der Waals surface area contributed by atoms with Crippen molar-refractivity contribution >= 4 is 26.8 Å². The Hall–Kier alpha value is -0.800. The molecule has 2 nitrogen and oxygen atoms in total. The minimum atomic E-state index is -0.431. The number of rotatable bonds is 1. The molecule has 2 rings (SSSR count). The van der Waals surface area contributed by atoms with E-state index in [0.29, 0.717) is 0 Å². The maximum atomic E-state index is 9.56. The molecule has 2 aromatic rings. The number of aliphatic hydroxyl groups is 1. The third kappa shape index (κ3) is 1.37. The molecule has 14 heavy (non-hydrogen) atoms. The van der Waals surface area contributed by atoms with E-state index in [-0.39, 0.29) is 0 Å². The van der Waals surface area contributed by atoms with Crippen LogP contribution in [0, 0.1) is 0 Å². The highest BCUT2D eigenvalue weighted by atomic mass is 79.9. The Morgan fingerprint density at radius 1 is 1.43 bits per heavy atom. The third-order valence-electron chi connectivity index (χ3n) is 2.50. The average Bonchev–Trinajstić information content (AvgIpc) is 2.46. The van der Waals surface area contributed by atoms with Gasteiger partial charge in [-0.25, -0.2) is 0 Å². The minimum absolute atomic E-state index is 0.431. The Balaban J connectivity index is 2.80. The predicted octanol–water partition coefficient (Wildman–Crippen LogP) is 2.99. The van der Waals surface area contributed by atoms with Gasteiger partial charge in [0.1, 0.15) is 0 Å². The van der Waals surface area contributed by atoms with Gasteiger partial charge in [0.15, 0.2) is 0 Å². The van der Waals surface area contributed by atoms with Gasteiger partial charge >= 0.3 is 0 Å². The van der Waals surface area contributed by atoms with Gasteiger partial charge in [0.25, 0.3) is 0 Å². The lowest BCUT2D eigenvalue weighted by Gasteiger charge is -2.05. The van der Waals surface area contributed by atoms with Crippen LogP contribution in [-0.4, -0.2) is 9.67 Å². The molecule has 1 atom stereocenters. The quantitative estimate of drug-likeness (QED) is 0.831. The maximum Gasteiger partial charge on any atom is 0.0912 e. The lowest BCUT2D eigenvalue weighted by atomic mass is 10.2. The van der Waals surface area contributed by atoms with E-state index in [4.69, 9.17) is 0 Å². The molecule has 1 unspecified atom stereocenters. The molecule has 1 N–H and O–H groups in total. The van der Waals surface area contributed by atoms with Crippen molar-refractivity contribution in [1.29, 1.82) is 0 Å². The number of aliphatic hydroxyl groups excluding tert-OH is 1. The summed E-state index contributed by atoms with van der Waals surface area (Å²) in [6.45, 7) is 1.78. The Morgan fingerprint density at radius 3 is 2.71 bits per heavy atom. The normalized spacial score (nSPS) is 13.4. The second-order valence-electron chi connectivity index (χ2n) is 3.48. The molecule has 0 aliphatic carbocycles. The molecule has 0 aliphatic heterocycles. The Morgan fingerprint density at radius 2 is 2.14 bits per heavy atom. The van der Waals surface area contributed by atoms with Crippen LogP contribution in [0.25, 0.3) is 10.9 Å². The Bertz CT molecular complexity index is 473. The van der Waals surface area contributed by atoms with Crippen LogP contribution in [0.5, 0.6) is 0 Å². The van der Waals surface area contributed by atoms with Crippen LogP contribution in [0.2, 0.25) is 0 Å². The van der Waals surface area contributed by atoms with Crippen molar-refractivity contribution in [2.45, 2.75) is 13.0 Å². The number of halogens is 1. The average molecular weight is 254 g/mol. The zero-order chi connectivity index (χ0) is 10.3. The molecule has 1 aromatic carbocycles. The summed E-state index contributed by atoms with van der Waals surface area (Å²) >= 11 is 3.50. The topological polar surface area (TPSA) is 25.2 Å². The SMILES string of the molecule is CC(O)c1cc2c(Br)cccc2n1C. The number of aromatic nitrogens is 1. The van der Waals surface area contributed by atoms with Gasteiger partial charge in [-0.3, -0.25) is 0 Å². The van der Waals surface area contributed by atoms with Crippen molar-refractivity contribution in [3.63, 3.8) is 0 Å². The van der Waals surface area contributed by atoms with Crippen LogP contribution in [0.4, 0.5) is 0 Å². The predicted molar refractivity (Wildman–Crippen MR) is 61.3 cm³/mol. The number of aryl methyl sites for hydroxylation is 1. The summed E-state index contributed by atoms with van der Waals surface area (Å²) in [5, 5.41) is 10.7. The highest BCUT2D eigenvalue weighted by Crippen LogP contribution is 2.28. The van der Waals surface area contributed by atoms with Crippen molar-refractivity contribution in [3.05, 3.63) is 34.4 Å². The number of hydrogen-bond acceptors (Lipinski definition) is 1. The number of benzene rings is 1. The molecule has 1 aromatic heterocycles. The van der Waals surface area contributed by atoms with Gasteiger partial charge in [-0.15, -0.1) is 0 Å². The van der Waals surface area contributed by atoms with Crippen LogP contribution < -0.4 is 0 Å². The van der Waals surface area contributed by atoms with Crippen LogP contribution in [0.15, 0.2) is 28.7 Å². The minimum Gasteiger partial charge on any atom is -0.387 e. The zero-order valence-corrected chi connectivity index (χ0v) is 9.75. The maximum absolute atomic E-state index is 9.56. The van der Waals surface area contributed by atoms with Gasteiger partial charge < -0.3 is 9.67 Å².